The smallest absolute Gasteiger partial charge is 0.411 e. The normalized spacial score (nSPS) is 23.6. The van der Waals surface area contributed by atoms with Crippen LogP contribution in [0.15, 0.2) is 12.2 Å². The Hall–Kier alpha value is -2.38. The second-order valence-corrected chi connectivity index (χ2v) is 9.22. The van der Waals surface area contributed by atoms with Crippen LogP contribution in [-0.4, -0.2) is 58.5 Å². The summed E-state index contributed by atoms with van der Waals surface area (Å²) in [6, 6.07) is -2.71. The van der Waals surface area contributed by atoms with Gasteiger partial charge in [-0.3, -0.25) is 9.69 Å². The fraction of sp³-hybridized carbons (Fsp3) is 0.714. The Balaban J connectivity index is 3.43. The van der Waals surface area contributed by atoms with Crippen LogP contribution in [0.3, 0.4) is 0 Å². The minimum atomic E-state index is -0.992. The van der Waals surface area contributed by atoms with Crippen LogP contribution in [0.1, 0.15) is 61.8 Å². The van der Waals surface area contributed by atoms with Crippen LogP contribution in [0.5, 0.6) is 0 Å². The summed E-state index contributed by atoms with van der Waals surface area (Å²) in [7, 11) is 0. The van der Waals surface area contributed by atoms with Gasteiger partial charge >= 0.3 is 12.1 Å². The maximum atomic E-state index is 13.1. The Bertz CT molecular complexity index is 659. The number of carbonyl (C=O) groups is 4. The minimum Gasteiger partial charge on any atom is -0.458 e. The first-order valence-electron chi connectivity index (χ1n) is 9.79. The Morgan fingerprint density at radius 1 is 1.07 bits per heavy atom. The predicted molar refractivity (Wildman–Crippen MR) is 108 cm³/mol. The number of carbonyl (C=O) groups excluding carboxylic acids is 4. The molecule has 8 nitrogen and oxygen atoms in total. The molecule has 8 heteroatoms. The van der Waals surface area contributed by atoms with Crippen molar-refractivity contribution in [1.82, 2.24) is 10.2 Å². The van der Waals surface area contributed by atoms with E-state index in [1.807, 2.05) is 13.0 Å². The van der Waals surface area contributed by atoms with Gasteiger partial charge in [0.15, 0.2) is 0 Å². The molecule has 0 aromatic heterocycles. The lowest BCUT2D eigenvalue weighted by atomic mass is 9.93. The molecule has 1 aliphatic heterocycles. The van der Waals surface area contributed by atoms with Gasteiger partial charge in [0, 0.05) is 12.8 Å². The lowest BCUT2D eigenvalue weighted by Crippen LogP contribution is -2.57. The van der Waals surface area contributed by atoms with Crippen LogP contribution >= 0.6 is 0 Å². The number of amides is 2. The van der Waals surface area contributed by atoms with Gasteiger partial charge in [-0.1, -0.05) is 12.2 Å². The molecule has 164 valence electrons. The third-order valence-corrected chi connectivity index (χ3v) is 4.20. The summed E-state index contributed by atoms with van der Waals surface area (Å²) in [6.45, 7) is 13.5. The molecule has 1 heterocycles. The Morgan fingerprint density at radius 3 is 2.03 bits per heavy atom. The number of hydrogen-bond acceptors (Lipinski definition) is 6. The van der Waals surface area contributed by atoms with E-state index in [1.54, 1.807) is 47.6 Å². The summed E-state index contributed by atoms with van der Waals surface area (Å²) in [5, 5.41) is 2.57. The van der Waals surface area contributed by atoms with E-state index >= 15 is 0 Å². The molecule has 1 aliphatic rings. The van der Waals surface area contributed by atoms with Crippen LogP contribution in [-0.2, 0) is 23.9 Å². The van der Waals surface area contributed by atoms with E-state index in [0.29, 0.717) is 6.29 Å². The monoisotopic (exact) mass is 410 g/mol. The third kappa shape index (κ3) is 7.18. The van der Waals surface area contributed by atoms with E-state index in [4.69, 9.17) is 9.47 Å². The first-order valence-corrected chi connectivity index (χ1v) is 9.79. The van der Waals surface area contributed by atoms with Gasteiger partial charge < -0.3 is 19.6 Å². The Morgan fingerprint density at radius 2 is 1.62 bits per heavy atom. The summed E-state index contributed by atoms with van der Waals surface area (Å²) in [6.07, 6.45) is 3.72. The number of allylic oxidation sites excluding steroid dienone is 1. The van der Waals surface area contributed by atoms with Crippen molar-refractivity contribution in [3.63, 3.8) is 0 Å². The SMILES string of the molecule is C/C=C\[C@@H]1C[C@H](C(=O)OC(C)(C)C)N(C(=O)OC(C)(C)C)[C@H]1[C@@H](C=O)NC(C)=O. The quantitative estimate of drug-likeness (QED) is 0.425. The highest BCUT2D eigenvalue weighted by molar-refractivity contribution is 5.84. The highest BCUT2D eigenvalue weighted by Crippen LogP contribution is 2.35. The Kier molecular flexibility index (Phi) is 8.00. The first-order chi connectivity index (χ1) is 13.2. The number of hydrogen-bond donors (Lipinski definition) is 1. The number of nitrogens with zero attached hydrogens (tertiary/aromatic N) is 1. The number of nitrogens with one attached hydrogen (secondary N) is 1. The fourth-order valence-electron chi connectivity index (χ4n) is 3.38. The number of ether oxygens (including phenoxy) is 2. The maximum absolute atomic E-state index is 13.1. The van der Waals surface area contributed by atoms with Gasteiger partial charge in [-0.05, 0) is 54.9 Å². The summed E-state index contributed by atoms with van der Waals surface area (Å²) in [5.41, 5.74) is -1.55. The molecular weight excluding hydrogens is 376 g/mol. The van der Waals surface area contributed by atoms with Crippen molar-refractivity contribution in [3.8, 4) is 0 Å². The summed E-state index contributed by atoms with van der Waals surface area (Å²) < 4.78 is 11.0. The molecule has 29 heavy (non-hydrogen) atoms. The van der Waals surface area contributed by atoms with E-state index in [2.05, 4.69) is 5.32 Å². The van der Waals surface area contributed by atoms with Crippen LogP contribution in [0.4, 0.5) is 4.79 Å². The maximum Gasteiger partial charge on any atom is 0.411 e. The van der Waals surface area contributed by atoms with Crippen molar-refractivity contribution >= 4 is 24.3 Å². The Labute approximate surface area is 173 Å². The second kappa shape index (κ2) is 9.41. The lowest BCUT2D eigenvalue weighted by Gasteiger charge is -2.35. The van der Waals surface area contributed by atoms with Crippen LogP contribution < -0.4 is 5.32 Å². The van der Waals surface area contributed by atoms with Crippen molar-refractivity contribution in [2.24, 2.45) is 5.92 Å². The van der Waals surface area contributed by atoms with Gasteiger partial charge in [0.2, 0.25) is 5.91 Å². The molecule has 1 fully saturated rings. The van der Waals surface area contributed by atoms with Crippen LogP contribution in [0.2, 0.25) is 0 Å². The topological polar surface area (TPSA) is 102 Å². The molecule has 1 saturated heterocycles. The minimum absolute atomic E-state index is 0.257. The van der Waals surface area contributed by atoms with Gasteiger partial charge in [-0.15, -0.1) is 0 Å². The second-order valence-electron chi connectivity index (χ2n) is 9.22. The van der Waals surface area contributed by atoms with Gasteiger partial charge in [0.25, 0.3) is 0 Å². The summed E-state index contributed by atoms with van der Waals surface area (Å²) in [4.78, 5) is 50.6. The van der Waals surface area contributed by atoms with Gasteiger partial charge in [0.05, 0.1) is 6.04 Å². The zero-order valence-electron chi connectivity index (χ0n) is 18.6. The largest absolute Gasteiger partial charge is 0.458 e. The molecular formula is C21H34N2O6. The summed E-state index contributed by atoms with van der Waals surface area (Å²) in [5.74, 6) is -1.33. The summed E-state index contributed by atoms with van der Waals surface area (Å²) >= 11 is 0. The average Bonchev–Trinajstić information content (AvgIpc) is 2.89. The third-order valence-electron chi connectivity index (χ3n) is 4.20. The molecule has 0 aromatic carbocycles. The molecule has 0 unspecified atom stereocenters. The molecule has 0 aromatic rings. The van der Waals surface area contributed by atoms with Crippen molar-refractivity contribution in [2.45, 2.75) is 91.1 Å². The number of likely N-dealkylation sites (tertiary alicyclic amines) is 1. The van der Waals surface area contributed by atoms with Crippen LogP contribution in [0.25, 0.3) is 0 Å². The highest BCUT2D eigenvalue weighted by Gasteiger charge is 2.51. The zero-order valence-corrected chi connectivity index (χ0v) is 18.6. The molecule has 0 spiro atoms. The molecule has 0 bridgehead atoms. The van der Waals surface area contributed by atoms with E-state index in [9.17, 15) is 19.2 Å². The zero-order chi connectivity index (χ0) is 22.6. The number of aldehydes is 1. The first kappa shape index (κ1) is 24.7. The van der Waals surface area contributed by atoms with E-state index < -0.39 is 47.3 Å². The van der Waals surface area contributed by atoms with Crippen molar-refractivity contribution < 1.29 is 28.7 Å². The van der Waals surface area contributed by atoms with Crippen LogP contribution in [0, 0.1) is 5.92 Å². The predicted octanol–water partition coefficient (Wildman–Crippen LogP) is 2.60. The number of esters is 1. The van der Waals surface area contributed by atoms with Crippen molar-refractivity contribution in [1.29, 1.82) is 0 Å². The molecule has 0 radical (unpaired) electrons. The number of rotatable bonds is 5. The average molecular weight is 411 g/mol. The molecule has 0 saturated carbocycles. The molecule has 1 N–H and O–H groups in total. The van der Waals surface area contributed by atoms with E-state index in [-0.39, 0.29) is 12.3 Å². The molecule has 2 amide bonds. The van der Waals surface area contributed by atoms with Crippen molar-refractivity contribution in [2.75, 3.05) is 0 Å². The lowest BCUT2D eigenvalue weighted by molar-refractivity contribution is -0.160. The van der Waals surface area contributed by atoms with Gasteiger partial charge in [0.1, 0.15) is 29.6 Å². The fourth-order valence-corrected chi connectivity index (χ4v) is 3.38. The highest BCUT2D eigenvalue weighted by atomic mass is 16.6. The molecule has 1 rings (SSSR count). The molecule has 0 aliphatic carbocycles. The van der Waals surface area contributed by atoms with E-state index in [1.165, 1.54) is 11.8 Å². The standard InChI is InChI=1S/C21H34N2O6/c1-9-10-14-11-16(18(26)28-20(3,4)5)23(19(27)29-21(6,7)8)17(14)15(12-24)22-13(2)25/h9-10,12,14-17H,11H2,1-8H3,(H,22,25)/b10-9-/t14-,15-,16-,17-/m1/s1. The van der Waals surface area contributed by atoms with Gasteiger partial charge in [-0.25, -0.2) is 9.59 Å². The van der Waals surface area contributed by atoms with Crippen molar-refractivity contribution in [3.05, 3.63) is 12.2 Å². The van der Waals surface area contributed by atoms with E-state index in [0.717, 1.165) is 0 Å². The van der Waals surface area contributed by atoms with Gasteiger partial charge in [-0.2, -0.15) is 0 Å². The molecule has 4 atom stereocenters.